The fourth-order valence-corrected chi connectivity index (χ4v) is 3.45. The van der Waals surface area contributed by atoms with Gasteiger partial charge >= 0.3 is 0 Å². The van der Waals surface area contributed by atoms with Crippen molar-refractivity contribution in [1.82, 2.24) is 20.2 Å². The van der Waals surface area contributed by atoms with Gasteiger partial charge in [-0.2, -0.15) is 0 Å². The van der Waals surface area contributed by atoms with E-state index in [-0.39, 0.29) is 18.1 Å². The number of carbonyl (C=O) groups is 1. The van der Waals surface area contributed by atoms with E-state index < -0.39 is 0 Å². The molecule has 1 aromatic heterocycles. The molecule has 1 saturated heterocycles. The molecule has 1 N–H and O–H groups in total. The van der Waals surface area contributed by atoms with Gasteiger partial charge in [0.2, 0.25) is 0 Å². The molecule has 0 spiro atoms. The van der Waals surface area contributed by atoms with Crippen LogP contribution in [0.1, 0.15) is 42.0 Å². The molecule has 1 amide bonds. The van der Waals surface area contributed by atoms with Crippen molar-refractivity contribution in [1.29, 1.82) is 0 Å². The van der Waals surface area contributed by atoms with E-state index in [1.165, 1.54) is 0 Å². The minimum atomic E-state index is -0.0596. The summed E-state index contributed by atoms with van der Waals surface area (Å²) in [6.45, 7) is 11.6. The minimum Gasteiger partial charge on any atom is -0.373 e. The zero-order valence-corrected chi connectivity index (χ0v) is 16.1. The summed E-state index contributed by atoms with van der Waals surface area (Å²) in [5, 5.41) is 3.01. The van der Waals surface area contributed by atoms with Crippen LogP contribution in [0, 0.1) is 13.8 Å². The standard InChI is InChI=1S/C20H28N4O2/c1-13-11-24(12-14(2)26-13)9-5-8-21-20(25)17-6-7-18-19(10-17)23-16(4)15(3)22-18/h6-7,10,13-14H,5,8-9,11-12H2,1-4H3,(H,21,25). The molecule has 2 aromatic rings. The highest BCUT2D eigenvalue weighted by molar-refractivity contribution is 5.97. The zero-order chi connectivity index (χ0) is 18.7. The first-order valence-corrected chi connectivity index (χ1v) is 9.33. The van der Waals surface area contributed by atoms with Gasteiger partial charge in [0, 0.05) is 31.7 Å². The third-order valence-corrected chi connectivity index (χ3v) is 4.77. The maximum absolute atomic E-state index is 12.4. The predicted molar refractivity (Wildman–Crippen MR) is 102 cm³/mol. The quantitative estimate of drug-likeness (QED) is 0.834. The maximum Gasteiger partial charge on any atom is 0.251 e. The van der Waals surface area contributed by atoms with Crippen molar-refractivity contribution >= 4 is 16.9 Å². The van der Waals surface area contributed by atoms with Crippen molar-refractivity contribution in [2.45, 2.75) is 46.3 Å². The first kappa shape index (κ1) is 18.7. The van der Waals surface area contributed by atoms with Crippen LogP contribution in [0.2, 0.25) is 0 Å². The number of benzene rings is 1. The van der Waals surface area contributed by atoms with Crippen LogP contribution in [-0.2, 0) is 4.74 Å². The second-order valence-corrected chi connectivity index (χ2v) is 7.22. The Kier molecular flexibility index (Phi) is 5.84. The topological polar surface area (TPSA) is 67.4 Å². The Balaban J connectivity index is 1.52. The van der Waals surface area contributed by atoms with Crippen LogP contribution in [0.25, 0.3) is 11.0 Å². The lowest BCUT2D eigenvalue weighted by molar-refractivity contribution is -0.0679. The Hall–Kier alpha value is -2.05. The summed E-state index contributed by atoms with van der Waals surface area (Å²) >= 11 is 0. The van der Waals surface area contributed by atoms with Crippen molar-refractivity contribution < 1.29 is 9.53 Å². The summed E-state index contributed by atoms with van der Waals surface area (Å²) in [5.74, 6) is -0.0596. The number of nitrogens with zero attached hydrogens (tertiary/aromatic N) is 3. The average molecular weight is 356 g/mol. The number of hydrogen-bond acceptors (Lipinski definition) is 5. The second kappa shape index (κ2) is 8.10. The smallest absolute Gasteiger partial charge is 0.251 e. The molecule has 1 aliphatic heterocycles. The lowest BCUT2D eigenvalue weighted by Gasteiger charge is -2.35. The fourth-order valence-electron chi connectivity index (χ4n) is 3.45. The molecular weight excluding hydrogens is 328 g/mol. The zero-order valence-electron chi connectivity index (χ0n) is 16.1. The lowest BCUT2D eigenvalue weighted by atomic mass is 10.1. The van der Waals surface area contributed by atoms with Crippen LogP contribution < -0.4 is 5.32 Å². The average Bonchev–Trinajstić information content (AvgIpc) is 2.58. The van der Waals surface area contributed by atoms with Gasteiger partial charge in [-0.3, -0.25) is 9.69 Å². The van der Waals surface area contributed by atoms with Gasteiger partial charge in [-0.05, 0) is 52.3 Å². The largest absolute Gasteiger partial charge is 0.373 e. The van der Waals surface area contributed by atoms with Gasteiger partial charge in [-0.15, -0.1) is 0 Å². The molecule has 0 saturated carbocycles. The Bertz CT molecular complexity index is 783. The van der Waals surface area contributed by atoms with E-state index in [0.717, 1.165) is 48.5 Å². The Morgan fingerprint density at radius 2 is 1.81 bits per heavy atom. The maximum atomic E-state index is 12.4. The fraction of sp³-hybridized carbons (Fsp3) is 0.550. The van der Waals surface area contributed by atoms with Crippen LogP contribution in [0.15, 0.2) is 18.2 Å². The van der Waals surface area contributed by atoms with Crippen LogP contribution in [-0.4, -0.2) is 59.2 Å². The molecule has 0 aliphatic carbocycles. The molecule has 140 valence electrons. The van der Waals surface area contributed by atoms with E-state index in [1.54, 1.807) is 0 Å². The van der Waals surface area contributed by atoms with Crippen molar-refractivity contribution in [3.63, 3.8) is 0 Å². The molecule has 1 aromatic carbocycles. The SMILES string of the molecule is Cc1nc2ccc(C(=O)NCCCN3CC(C)OC(C)C3)cc2nc1C. The third-order valence-electron chi connectivity index (χ3n) is 4.77. The van der Waals surface area contributed by atoms with Crippen LogP contribution in [0.3, 0.4) is 0 Å². The van der Waals surface area contributed by atoms with Gasteiger partial charge in [-0.1, -0.05) is 0 Å². The third kappa shape index (κ3) is 4.56. The van der Waals surface area contributed by atoms with Gasteiger partial charge in [0.05, 0.1) is 34.6 Å². The first-order chi connectivity index (χ1) is 12.4. The van der Waals surface area contributed by atoms with E-state index >= 15 is 0 Å². The first-order valence-electron chi connectivity index (χ1n) is 9.33. The summed E-state index contributed by atoms with van der Waals surface area (Å²) in [6.07, 6.45) is 1.48. The molecule has 2 unspecified atom stereocenters. The summed E-state index contributed by atoms with van der Waals surface area (Å²) in [4.78, 5) is 23.8. The summed E-state index contributed by atoms with van der Waals surface area (Å²) in [7, 11) is 0. The normalized spacial score (nSPS) is 21.1. The number of hydrogen-bond donors (Lipinski definition) is 1. The predicted octanol–water partition coefficient (Wildman–Crippen LogP) is 2.48. The van der Waals surface area contributed by atoms with Crippen molar-refractivity contribution in [3.8, 4) is 0 Å². The number of aromatic nitrogens is 2. The number of ether oxygens (including phenoxy) is 1. The summed E-state index contributed by atoms with van der Waals surface area (Å²) in [5.41, 5.74) is 4.02. The van der Waals surface area contributed by atoms with Gasteiger partial charge in [0.1, 0.15) is 0 Å². The monoisotopic (exact) mass is 356 g/mol. The van der Waals surface area contributed by atoms with Crippen LogP contribution in [0.5, 0.6) is 0 Å². The van der Waals surface area contributed by atoms with Gasteiger partial charge in [0.15, 0.2) is 0 Å². The number of carbonyl (C=O) groups excluding carboxylic acids is 1. The highest BCUT2D eigenvalue weighted by atomic mass is 16.5. The number of amides is 1. The highest BCUT2D eigenvalue weighted by Crippen LogP contribution is 2.14. The van der Waals surface area contributed by atoms with Gasteiger partial charge in [-0.25, -0.2) is 9.97 Å². The number of morpholine rings is 1. The summed E-state index contributed by atoms with van der Waals surface area (Å²) < 4.78 is 5.75. The molecule has 6 heteroatoms. The molecule has 0 bridgehead atoms. The molecule has 2 atom stereocenters. The lowest BCUT2D eigenvalue weighted by Crippen LogP contribution is -2.46. The molecule has 2 heterocycles. The molecule has 6 nitrogen and oxygen atoms in total. The van der Waals surface area contributed by atoms with Crippen molar-refractivity contribution in [3.05, 3.63) is 35.2 Å². The minimum absolute atomic E-state index is 0.0596. The Labute approximate surface area is 155 Å². The summed E-state index contributed by atoms with van der Waals surface area (Å²) in [6, 6.07) is 5.49. The van der Waals surface area contributed by atoms with Crippen molar-refractivity contribution in [2.24, 2.45) is 0 Å². The molecule has 26 heavy (non-hydrogen) atoms. The van der Waals surface area contributed by atoms with Crippen molar-refractivity contribution in [2.75, 3.05) is 26.2 Å². The Morgan fingerprint density at radius 1 is 1.15 bits per heavy atom. The highest BCUT2D eigenvalue weighted by Gasteiger charge is 2.21. The van der Waals surface area contributed by atoms with Gasteiger partial charge < -0.3 is 10.1 Å². The molecule has 1 aliphatic rings. The second-order valence-electron chi connectivity index (χ2n) is 7.22. The Morgan fingerprint density at radius 3 is 2.50 bits per heavy atom. The molecule has 3 rings (SSSR count). The van der Waals surface area contributed by atoms with Crippen LogP contribution in [0.4, 0.5) is 0 Å². The van der Waals surface area contributed by atoms with E-state index in [1.807, 2.05) is 32.0 Å². The van der Waals surface area contributed by atoms with Crippen LogP contribution >= 0.6 is 0 Å². The van der Waals surface area contributed by atoms with E-state index in [0.29, 0.717) is 12.1 Å². The van der Waals surface area contributed by atoms with E-state index in [9.17, 15) is 4.79 Å². The van der Waals surface area contributed by atoms with E-state index in [2.05, 4.69) is 34.0 Å². The number of nitrogens with one attached hydrogen (secondary N) is 1. The number of fused-ring (bicyclic) bond motifs is 1. The number of rotatable bonds is 5. The molecule has 1 fully saturated rings. The number of aryl methyl sites for hydroxylation is 2. The van der Waals surface area contributed by atoms with Gasteiger partial charge in [0.25, 0.3) is 5.91 Å². The molecular formula is C20H28N4O2. The molecule has 0 radical (unpaired) electrons. The van der Waals surface area contributed by atoms with E-state index in [4.69, 9.17) is 4.74 Å².